The molecule has 1 amide bonds. The first kappa shape index (κ1) is 17.7. The van der Waals surface area contributed by atoms with Gasteiger partial charge < -0.3 is 15.3 Å². The van der Waals surface area contributed by atoms with Crippen LogP contribution in [0.15, 0.2) is 46.9 Å². The number of benzene rings is 2. The van der Waals surface area contributed by atoms with Gasteiger partial charge in [-0.1, -0.05) is 18.2 Å². The van der Waals surface area contributed by atoms with Crippen LogP contribution >= 0.6 is 0 Å². The predicted octanol–water partition coefficient (Wildman–Crippen LogP) is 3.70. The molecule has 2 heterocycles. The third-order valence-corrected chi connectivity index (χ3v) is 4.54. The van der Waals surface area contributed by atoms with E-state index in [9.17, 15) is 14.0 Å². The summed E-state index contributed by atoms with van der Waals surface area (Å²) in [5.41, 5.74) is 5.79. The molecule has 1 saturated carbocycles. The van der Waals surface area contributed by atoms with Crippen LogP contribution in [0.5, 0.6) is 0 Å². The van der Waals surface area contributed by atoms with Gasteiger partial charge in [0.25, 0.3) is 0 Å². The van der Waals surface area contributed by atoms with Crippen LogP contribution in [0.2, 0.25) is 0 Å². The number of rotatable bonds is 3. The van der Waals surface area contributed by atoms with Gasteiger partial charge in [0.05, 0.1) is 16.5 Å². The average molecular weight is 381 g/mol. The Bertz CT molecular complexity index is 1170. The van der Waals surface area contributed by atoms with Crippen LogP contribution in [-0.2, 0) is 4.79 Å². The fourth-order valence-corrected chi connectivity index (χ4v) is 2.88. The number of carbonyl (C=O) groups is 2. The first-order chi connectivity index (χ1) is 13.5. The maximum atomic E-state index is 14.5. The number of aromatic carboxylic acids is 1. The normalized spacial score (nSPS) is 13.3. The molecule has 4 N–H and O–H groups in total. The molecule has 5 rings (SSSR count). The number of aromatic amines is 1. The summed E-state index contributed by atoms with van der Waals surface area (Å²) in [7, 11) is 0. The standard InChI is InChI=1S/C16H9FN2O3.C4H7NO/c17-14-9(16(20)21)5-6-10-13(14)15(19-18-10)12-7-8-3-1-2-4-11(8)22-12;5-4(6)3-1-2-3/h1-7H,(H,18,19)(H,20,21);3H,1-2H2,(H2,5,6). The summed E-state index contributed by atoms with van der Waals surface area (Å²) < 4.78 is 20.2. The zero-order valence-corrected chi connectivity index (χ0v) is 14.6. The second kappa shape index (κ2) is 6.80. The fraction of sp³-hybridized carbons (Fsp3) is 0.150. The Balaban J connectivity index is 0.000000275. The highest BCUT2D eigenvalue weighted by Gasteiger charge is 2.26. The van der Waals surface area contributed by atoms with Crippen LogP contribution in [0.25, 0.3) is 33.3 Å². The molecule has 1 fully saturated rings. The number of halogens is 1. The summed E-state index contributed by atoms with van der Waals surface area (Å²) in [5.74, 6) is -1.65. The number of carboxylic acids is 1. The molecule has 0 spiro atoms. The van der Waals surface area contributed by atoms with Crippen molar-refractivity contribution in [1.82, 2.24) is 10.2 Å². The lowest BCUT2D eigenvalue weighted by atomic mass is 10.1. The van der Waals surface area contributed by atoms with Gasteiger partial charge in [-0.15, -0.1) is 0 Å². The Kier molecular flexibility index (Phi) is 4.31. The zero-order chi connectivity index (χ0) is 19.8. The third-order valence-electron chi connectivity index (χ3n) is 4.54. The highest BCUT2D eigenvalue weighted by Crippen LogP contribution is 2.33. The van der Waals surface area contributed by atoms with Gasteiger partial charge in [0, 0.05) is 11.3 Å². The van der Waals surface area contributed by atoms with Crippen LogP contribution in [0.4, 0.5) is 4.39 Å². The first-order valence-electron chi connectivity index (χ1n) is 8.64. The number of amides is 1. The van der Waals surface area contributed by atoms with E-state index in [1.807, 2.05) is 18.2 Å². The number of para-hydroxylation sites is 1. The molecule has 4 aromatic rings. The fourth-order valence-electron chi connectivity index (χ4n) is 2.88. The van der Waals surface area contributed by atoms with Gasteiger partial charge in [0.2, 0.25) is 5.91 Å². The summed E-state index contributed by atoms with van der Waals surface area (Å²) in [6, 6.07) is 11.8. The topological polar surface area (TPSA) is 122 Å². The molecule has 0 radical (unpaired) electrons. The van der Waals surface area contributed by atoms with E-state index in [1.165, 1.54) is 12.1 Å². The van der Waals surface area contributed by atoms with E-state index < -0.39 is 17.3 Å². The quantitative estimate of drug-likeness (QED) is 0.499. The number of H-pyrrole nitrogens is 1. The molecule has 0 unspecified atom stereocenters. The van der Waals surface area contributed by atoms with Crippen molar-refractivity contribution >= 4 is 33.7 Å². The number of nitrogens with two attached hydrogens (primary N) is 1. The number of fused-ring (bicyclic) bond motifs is 2. The number of carboxylic acid groups (broad SMARTS) is 1. The van der Waals surface area contributed by atoms with Gasteiger partial charge in [-0.2, -0.15) is 5.10 Å². The SMILES string of the molecule is NC(=O)C1CC1.O=C(O)c1ccc2[nH]nc(-c3cc4ccccc4o3)c2c1F. The van der Waals surface area contributed by atoms with E-state index in [0.717, 1.165) is 18.2 Å². The van der Waals surface area contributed by atoms with Crippen LogP contribution in [0.1, 0.15) is 23.2 Å². The van der Waals surface area contributed by atoms with Crippen molar-refractivity contribution in [2.45, 2.75) is 12.8 Å². The molecule has 2 aromatic heterocycles. The van der Waals surface area contributed by atoms with Crippen LogP contribution in [0, 0.1) is 11.7 Å². The van der Waals surface area contributed by atoms with E-state index in [4.69, 9.17) is 15.3 Å². The minimum atomic E-state index is -1.32. The van der Waals surface area contributed by atoms with Gasteiger partial charge in [-0.05, 0) is 37.1 Å². The van der Waals surface area contributed by atoms with Gasteiger partial charge in [-0.25, -0.2) is 9.18 Å². The van der Waals surface area contributed by atoms with Crippen LogP contribution in [0.3, 0.4) is 0 Å². The van der Waals surface area contributed by atoms with Crippen molar-refractivity contribution in [1.29, 1.82) is 0 Å². The Morgan fingerprint density at radius 2 is 1.96 bits per heavy atom. The Hall–Kier alpha value is -3.68. The second-order valence-electron chi connectivity index (χ2n) is 6.55. The number of hydrogen-bond acceptors (Lipinski definition) is 4. The van der Waals surface area contributed by atoms with Gasteiger partial charge in [-0.3, -0.25) is 9.89 Å². The minimum absolute atomic E-state index is 0.110. The van der Waals surface area contributed by atoms with Crippen molar-refractivity contribution in [2.75, 3.05) is 0 Å². The number of primary amides is 1. The van der Waals surface area contributed by atoms with Gasteiger partial charge in [0.15, 0.2) is 5.76 Å². The Labute approximate surface area is 157 Å². The summed E-state index contributed by atoms with van der Waals surface area (Å²) in [5, 5.41) is 16.8. The third kappa shape index (κ3) is 3.20. The molecule has 0 saturated heterocycles. The number of aromatic nitrogens is 2. The summed E-state index contributed by atoms with van der Waals surface area (Å²) in [6.45, 7) is 0. The van der Waals surface area contributed by atoms with Crippen molar-refractivity contribution in [3.63, 3.8) is 0 Å². The lowest BCUT2D eigenvalue weighted by Gasteiger charge is -1.99. The van der Waals surface area contributed by atoms with E-state index >= 15 is 0 Å². The van der Waals surface area contributed by atoms with Crippen LogP contribution < -0.4 is 5.73 Å². The Morgan fingerprint density at radius 3 is 2.57 bits per heavy atom. The van der Waals surface area contributed by atoms with Gasteiger partial charge in [0.1, 0.15) is 17.1 Å². The maximum absolute atomic E-state index is 14.5. The number of hydrogen-bond donors (Lipinski definition) is 3. The molecule has 0 bridgehead atoms. The first-order valence-corrected chi connectivity index (χ1v) is 8.64. The monoisotopic (exact) mass is 381 g/mol. The molecule has 8 heteroatoms. The summed E-state index contributed by atoms with van der Waals surface area (Å²) in [4.78, 5) is 21.1. The van der Waals surface area contributed by atoms with Crippen molar-refractivity contribution in [3.05, 3.63) is 53.8 Å². The van der Waals surface area contributed by atoms with Crippen molar-refractivity contribution < 1.29 is 23.5 Å². The van der Waals surface area contributed by atoms with E-state index in [1.54, 1.807) is 12.1 Å². The smallest absolute Gasteiger partial charge is 0.338 e. The number of nitrogens with one attached hydrogen (secondary N) is 1. The molecule has 1 aliphatic rings. The molecule has 142 valence electrons. The molecule has 7 nitrogen and oxygen atoms in total. The van der Waals surface area contributed by atoms with Crippen molar-refractivity contribution in [3.8, 4) is 11.5 Å². The molecule has 0 aliphatic heterocycles. The highest BCUT2D eigenvalue weighted by atomic mass is 19.1. The number of nitrogens with zero attached hydrogens (tertiary/aromatic N) is 1. The van der Waals surface area contributed by atoms with E-state index in [0.29, 0.717) is 16.9 Å². The molecule has 0 atom stereocenters. The van der Waals surface area contributed by atoms with Crippen LogP contribution in [-0.4, -0.2) is 27.2 Å². The second-order valence-corrected chi connectivity index (χ2v) is 6.55. The molecular formula is C20H16FN3O4. The largest absolute Gasteiger partial charge is 0.478 e. The predicted molar refractivity (Wildman–Crippen MR) is 100 cm³/mol. The maximum Gasteiger partial charge on any atom is 0.338 e. The lowest BCUT2D eigenvalue weighted by molar-refractivity contribution is -0.119. The van der Waals surface area contributed by atoms with Crippen molar-refractivity contribution in [2.24, 2.45) is 11.7 Å². The summed E-state index contributed by atoms with van der Waals surface area (Å²) >= 11 is 0. The number of furan rings is 1. The molecule has 28 heavy (non-hydrogen) atoms. The Morgan fingerprint density at radius 1 is 1.21 bits per heavy atom. The van der Waals surface area contributed by atoms with E-state index in [2.05, 4.69) is 10.2 Å². The van der Waals surface area contributed by atoms with E-state index in [-0.39, 0.29) is 22.9 Å². The summed E-state index contributed by atoms with van der Waals surface area (Å²) in [6.07, 6.45) is 2.05. The van der Waals surface area contributed by atoms with Gasteiger partial charge >= 0.3 is 5.97 Å². The highest BCUT2D eigenvalue weighted by molar-refractivity contribution is 6.00. The average Bonchev–Trinajstić information content (AvgIpc) is 3.29. The molecular weight excluding hydrogens is 365 g/mol. The number of carbonyl (C=O) groups excluding carboxylic acids is 1. The molecule has 1 aliphatic carbocycles. The molecule has 2 aromatic carbocycles. The minimum Gasteiger partial charge on any atom is -0.478 e. The zero-order valence-electron chi connectivity index (χ0n) is 14.6. The lowest BCUT2D eigenvalue weighted by Crippen LogP contribution is -2.11.